The second-order valence-electron chi connectivity index (χ2n) is 5.24. The molecule has 24 heavy (non-hydrogen) atoms. The fraction of sp³-hybridized carbons (Fsp3) is 0.222. The number of nitrogens with zero attached hydrogens (tertiary/aromatic N) is 1. The summed E-state index contributed by atoms with van der Waals surface area (Å²) in [6.07, 6.45) is 0.806. The van der Waals surface area contributed by atoms with Gasteiger partial charge in [0.2, 0.25) is 5.91 Å². The van der Waals surface area contributed by atoms with Crippen molar-refractivity contribution in [2.24, 2.45) is 0 Å². The molecule has 0 spiro atoms. The summed E-state index contributed by atoms with van der Waals surface area (Å²) in [5.74, 6) is 0.587. The Bertz CT molecular complexity index is 754. The van der Waals surface area contributed by atoms with Crippen LogP contribution in [0.15, 0.2) is 58.4 Å². The van der Waals surface area contributed by atoms with Crippen molar-refractivity contribution in [1.29, 1.82) is 0 Å². The zero-order chi connectivity index (χ0) is 16.6. The van der Waals surface area contributed by atoms with Gasteiger partial charge in [-0.2, -0.15) is 0 Å². The third kappa shape index (κ3) is 4.78. The van der Waals surface area contributed by atoms with Crippen LogP contribution >= 0.6 is 11.3 Å². The number of nitrogens with one attached hydrogen (secondary N) is 1. The number of hydrogen-bond acceptors (Lipinski definition) is 5. The summed E-state index contributed by atoms with van der Waals surface area (Å²) < 4.78 is 10.6. The Hall–Kier alpha value is -2.44. The van der Waals surface area contributed by atoms with E-state index in [1.807, 2.05) is 53.9 Å². The predicted molar refractivity (Wildman–Crippen MR) is 92.6 cm³/mol. The molecule has 1 N–H and O–H groups in total. The molecule has 0 aliphatic carbocycles. The molecule has 6 heteroatoms. The van der Waals surface area contributed by atoms with Crippen LogP contribution < -0.4 is 5.32 Å². The molecule has 2 heterocycles. The fourth-order valence-electron chi connectivity index (χ4n) is 2.20. The van der Waals surface area contributed by atoms with E-state index in [0.29, 0.717) is 12.2 Å². The minimum Gasteiger partial charge on any atom is -0.365 e. The zero-order valence-electron chi connectivity index (χ0n) is 13.1. The molecule has 1 amide bonds. The highest BCUT2D eigenvalue weighted by Gasteiger charge is 2.08. The first-order valence-electron chi connectivity index (χ1n) is 7.69. The maximum Gasteiger partial charge on any atom is 0.246 e. The van der Waals surface area contributed by atoms with Crippen LogP contribution in [0.1, 0.15) is 11.3 Å². The standard InChI is InChI=1S/C18H18N2O3S/c21-18(19-9-8-14-5-2-1-3-6-14)13-22-12-15-11-16(23-20-15)17-7-4-10-24-17/h1-7,10-11H,8-9,12-13H2,(H,19,21). The van der Waals surface area contributed by atoms with Crippen LogP contribution in [0, 0.1) is 0 Å². The van der Waals surface area contributed by atoms with Gasteiger partial charge in [0.15, 0.2) is 5.76 Å². The number of rotatable bonds is 8. The van der Waals surface area contributed by atoms with Crippen LogP contribution in [-0.2, 0) is 22.6 Å². The van der Waals surface area contributed by atoms with E-state index in [4.69, 9.17) is 9.26 Å². The minimum atomic E-state index is -0.132. The Labute approximate surface area is 144 Å². The Morgan fingerprint density at radius 1 is 1.21 bits per heavy atom. The lowest BCUT2D eigenvalue weighted by molar-refractivity contribution is -0.126. The molecule has 0 aliphatic rings. The largest absolute Gasteiger partial charge is 0.365 e. The van der Waals surface area contributed by atoms with E-state index in [9.17, 15) is 4.79 Å². The molecule has 0 radical (unpaired) electrons. The lowest BCUT2D eigenvalue weighted by Crippen LogP contribution is -2.29. The molecule has 0 unspecified atom stereocenters. The topological polar surface area (TPSA) is 64.4 Å². The number of amides is 1. The van der Waals surface area contributed by atoms with Gasteiger partial charge in [0.1, 0.15) is 12.3 Å². The highest BCUT2D eigenvalue weighted by atomic mass is 32.1. The van der Waals surface area contributed by atoms with E-state index < -0.39 is 0 Å². The molecule has 124 valence electrons. The normalized spacial score (nSPS) is 10.7. The summed E-state index contributed by atoms with van der Waals surface area (Å²) in [5, 5.41) is 8.76. The molecule has 3 aromatic rings. The minimum absolute atomic E-state index is 0.00991. The Morgan fingerprint density at radius 3 is 2.88 bits per heavy atom. The lowest BCUT2D eigenvalue weighted by atomic mass is 10.1. The average Bonchev–Trinajstić information content (AvgIpc) is 3.27. The number of thiophene rings is 1. The molecule has 0 bridgehead atoms. The second kappa shape index (κ2) is 8.42. The molecule has 1 aromatic carbocycles. The van der Waals surface area contributed by atoms with Crippen LogP contribution in [0.5, 0.6) is 0 Å². The predicted octanol–water partition coefficient (Wildman–Crippen LogP) is 3.28. The van der Waals surface area contributed by atoms with E-state index in [1.165, 1.54) is 5.56 Å². The molecule has 3 rings (SSSR count). The quantitative estimate of drug-likeness (QED) is 0.682. The Balaban J connectivity index is 1.35. The van der Waals surface area contributed by atoms with Crippen molar-refractivity contribution < 1.29 is 14.1 Å². The van der Waals surface area contributed by atoms with Gasteiger partial charge in [0, 0.05) is 12.6 Å². The van der Waals surface area contributed by atoms with E-state index in [2.05, 4.69) is 10.5 Å². The SMILES string of the molecule is O=C(COCc1cc(-c2cccs2)on1)NCCc1ccccc1. The van der Waals surface area contributed by atoms with Crippen LogP contribution in [-0.4, -0.2) is 24.2 Å². The van der Waals surface area contributed by atoms with Crippen LogP contribution in [0.3, 0.4) is 0 Å². The van der Waals surface area contributed by atoms with Crippen LogP contribution in [0.4, 0.5) is 0 Å². The van der Waals surface area contributed by atoms with Crippen molar-refractivity contribution in [2.45, 2.75) is 13.0 Å². The van der Waals surface area contributed by atoms with Crippen molar-refractivity contribution >= 4 is 17.2 Å². The van der Waals surface area contributed by atoms with Gasteiger partial charge in [-0.25, -0.2) is 0 Å². The summed E-state index contributed by atoms with van der Waals surface area (Å²) >= 11 is 1.59. The van der Waals surface area contributed by atoms with Crippen molar-refractivity contribution in [3.05, 3.63) is 65.2 Å². The number of carbonyl (C=O) groups is 1. The number of benzene rings is 1. The van der Waals surface area contributed by atoms with Gasteiger partial charge in [-0.3, -0.25) is 4.79 Å². The van der Waals surface area contributed by atoms with Gasteiger partial charge in [-0.1, -0.05) is 41.6 Å². The summed E-state index contributed by atoms with van der Waals surface area (Å²) in [7, 11) is 0. The maximum absolute atomic E-state index is 11.7. The summed E-state index contributed by atoms with van der Waals surface area (Å²) in [5.41, 5.74) is 1.87. The first kappa shape index (κ1) is 16.4. The third-order valence-corrected chi connectivity index (χ3v) is 4.27. The zero-order valence-corrected chi connectivity index (χ0v) is 13.9. The van der Waals surface area contributed by atoms with Gasteiger partial charge in [0.25, 0.3) is 0 Å². The monoisotopic (exact) mass is 342 g/mol. The highest BCUT2D eigenvalue weighted by Crippen LogP contribution is 2.25. The molecule has 0 saturated heterocycles. The molecule has 0 fully saturated rings. The first-order valence-corrected chi connectivity index (χ1v) is 8.57. The summed E-state index contributed by atoms with van der Waals surface area (Å²) in [4.78, 5) is 12.8. The smallest absolute Gasteiger partial charge is 0.246 e. The van der Waals surface area contributed by atoms with E-state index in [-0.39, 0.29) is 19.1 Å². The second-order valence-corrected chi connectivity index (χ2v) is 6.19. The number of carbonyl (C=O) groups excluding carboxylic acids is 1. The summed E-state index contributed by atoms with van der Waals surface area (Å²) in [6.45, 7) is 0.857. The van der Waals surface area contributed by atoms with Gasteiger partial charge < -0.3 is 14.6 Å². The van der Waals surface area contributed by atoms with Crippen molar-refractivity contribution in [3.63, 3.8) is 0 Å². The maximum atomic E-state index is 11.7. The molecule has 0 saturated carbocycles. The Morgan fingerprint density at radius 2 is 2.08 bits per heavy atom. The van der Waals surface area contributed by atoms with Gasteiger partial charge in [-0.15, -0.1) is 11.3 Å². The van der Waals surface area contributed by atoms with Gasteiger partial charge in [-0.05, 0) is 23.4 Å². The van der Waals surface area contributed by atoms with E-state index in [1.54, 1.807) is 11.3 Å². The van der Waals surface area contributed by atoms with Crippen molar-refractivity contribution in [1.82, 2.24) is 10.5 Å². The molecule has 2 aromatic heterocycles. The molecule has 0 atom stereocenters. The number of hydrogen-bond donors (Lipinski definition) is 1. The molecule has 5 nitrogen and oxygen atoms in total. The van der Waals surface area contributed by atoms with Crippen molar-refractivity contribution in [3.8, 4) is 10.6 Å². The number of aromatic nitrogens is 1. The van der Waals surface area contributed by atoms with Crippen molar-refractivity contribution in [2.75, 3.05) is 13.2 Å². The van der Waals surface area contributed by atoms with E-state index in [0.717, 1.165) is 17.1 Å². The van der Waals surface area contributed by atoms with Gasteiger partial charge >= 0.3 is 0 Å². The lowest BCUT2D eigenvalue weighted by Gasteiger charge is -2.05. The van der Waals surface area contributed by atoms with Crippen LogP contribution in [0.25, 0.3) is 10.6 Å². The average molecular weight is 342 g/mol. The van der Waals surface area contributed by atoms with Crippen LogP contribution in [0.2, 0.25) is 0 Å². The highest BCUT2D eigenvalue weighted by molar-refractivity contribution is 7.13. The molecule has 0 aliphatic heterocycles. The fourth-order valence-corrected chi connectivity index (χ4v) is 2.88. The first-order chi connectivity index (χ1) is 11.8. The number of ether oxygens (including phenoxy) is 1. The Kier molecular flexibility index (Phi) is 5.76. The summed E-state index contributed by atoms with van der Waals surface area (Å²) in [6, 6.07) is 15.8. The molecular weight excluding hydrogens is 324 g/mol. The third-order valence-electron chi connectivity index (χ3n) is 3.38. The molecular formula is C18H18N2O3S. The van der Waals surface area contributed by atoms with E-state index >= 15 is 0 Å². The van der Waals surface area contributed by atoms with Gasteiger partial charge in [0.05, 0.1) is 11.5 Å².